The molecular weight excluding hydrogens is 252 g/mol. The molecule has 0 fully saturated rings. The van der Waals surface area contributed by atoms with Gasteiger partial charge in [-0.2, -0.15) is 5.10 Å². The molecule has 0 amide bonds. The lowest BCUT2D eigenvalue weighted by atomic mass is 10.2. The topological polar surface area (TPSA) is 99.3 Å². The summed E-state index contributed by atoms with van der Waals surface area (Å²) in [7, 11) is 1.58. The molecule has 1 N–H and O–H groups in total. The lowest BCUT2D eigenvalue weighted by Crippen LogP contribution is -2.31. The first-order valence-electron chi connectivity index (χ1n) is 6.03. The first-order valence-corrected chi connectivity index (χ1v) is 6.03. The fraction of sp³-hybridized carbons (Fsp3) is 0.636. The molecule has 106 valence electrons. The van der Waals surface area contributed by atoms with Crippen LogP contribution in [0.3, 0.4) is 0 Å². The summed E-state index contributed by atoms with van der Waals surface area (Å²) in [6.07, 6.45) is 0.459. The van der Waals surface area contributed by atoms with Crippen molar-refractivity contribution in [3.8, 4) is 0 Å². The Labute approximate surface area is 110 Å². The van der Waals surface area contributed by atoms with Gasteiger partial charge >= 0.3 is 11.7 Å². The number of aryl methyl sites for hydroxylation is 2. The van der Waals surface area contributed by atoms with Gasteiger partial charge in [0, 0.05) is 7.05 Å². The van der Waals surface area contributed by atoms with Gasteiger partial charge in [0.2, 0.25) is 5.82 Å². The summed E-state index contributed by atoms with van der Waals surface area (Å²) < 4.78 is 6.27. The summed E-state index contributed by atoms with van der Waals surface area (Å²) in [6.45, 7) is 5.32. The van der Waals surface area contributed by atoms with Crippen LogP contribution >= 0.6 is 0 Å². The Morgan fingerprint density at radius 3 is 2.68 bits per heavy atom. The minimum absolute atomic E-state index is 0.120. The summed E-state index contributed by atoms with van der Waals surface area (Å²) in [5, 5.41) is 17.8. The van der Waals surface area contributed by atoms with Gasteiger partial charge in [-0.05, 0) is 20.3 Å². The molecule has 1 rings (SSSR count). The average molecular weight is 270 g/mol. The van der Waals surface area contributed by atoms with E-state index in [0.29, 0.717) is 12.1 Å². The molecule has 0 spiro atoms. The Bertz CT molecular complexity index is 483. The molecule has 0 aromatic carbocycles. The standard InChI is InChI=1S/C11H18N4O4/c1-5-8(11(16)19-6-2)12-10-9(15(17)18)7(3)13-14(10)4/h8,12H,5-6H2,1-4H3. The van der Waals surface area contributed by atoms with Crippen molar-refractivity contribution in [3.63, 3.8) is 0 Å². The van der Waals surface area contributed by atoms with Gasteiger partial charge in [-0.15, -0.1) is 0 Å². The SMILES string of the molecule is CCOC(=O)C(CC)Nc1c([N+](=O)[O-])c(C)nn1C. The molecule has 1 atom stereocenters. The minimum Gasteiger partial charge on any atom is -0.464 e. The maximum Gasteiger partial charge on any atom is 0.333 e. The maximum absolute atomic E-state index is 11.7. The van der Waals surface area contributed by atoms with E-state index in [2.05, 4.69) is 10.4 Å². The zero-order valence-electron chi connectivity index (χ0n) is 11.5. The average Bonchev–Trinajstić information content (AvgIpc) is 2.60. The van der Waals surface area contributed by atoms with Crippen LogP contribution in [0.25, 0.3) is 0 Å². The molecule has 1 unspecified atom stereocenters. The Balaban J connectivity index is 3.03. The predicted octanol–water partition coefficient (Wildman–Crippen LogP) is 1.39. The number of rotatable bonds is 6. The molecule has 0 saturated heterocycles. The molecule has 1 aromatic heterocycles. The fourth-order valence-corrected chi connectivity index (χ4v) is 1.76. The van der Waals surface area contributed by atoms with E-state index in [4.69, 9.17) is 4.74 Å². The molecule has 1 aromatic rings. The van der Waals surface area contributed by atoms with Crippen molar-refractivity contribution < 1.29 is 14.5 Å². The Morgan fingerprint density at radius 2 is 2.21 bits per heavy atom. The number of anilines is 1. The zero-order valence-corrected chi connectivity index (χ0v) is 11.5. The molecule has 0 radical (unpaired) electrons. The molecule has 0 aliphatic heterocycles. The first-order chi connectivity index (χ1) is 8.92. The number of hydrogen-bond donors (Lipinski definition) is 1. The molecular formula is C11H18N4O4. The van der Waals surface area contributed by atoms with Crippen molar-refractivity contribution in [1.82, 2.24) is 9.78 Å². The quantitative estimate of drug-likeness (QED) is 0.476. The zero-order chi connectivity index (χ0) is 14.6. The number of nitro groups is 1. The number of nitrogens with zero attached hydrogens (tertiary/aromatic N) is 3. The van der Waals surface area contributed by atoms with Crippen LogP contribution in [-0.4, -0.2) is 33.3 Å². The van der Waals surface area contributed by atoms with Crippen LogP contribution in [-0.2, 0) is 16.6 Å². The molecule has 8 heteroatoms. The van der Waals surface area contributed by atoms with Gasteiger partial charge in [-0.25, -0.2) is 9.48 Å². The van der Waals surface area contributed by atoms with Gasteiger partial charge in [0.05, 0.1) is 11.5 Å². The van der Waals surface area contributed by atoms with Crippen LogP contribution in [0.5, 0.6) is 0 Å². The van der Waals surface area contributed by atoms with Crippen molar-refractivity contribution >= 4 is 17.5 Å². The predicted molar refractivity (Wildman–Crippen MR) is 68.9 cm³/mol. The van der Waals surface area contributed by atoms with Gasteiger partial charge in [-0.3, -0.25) is 10.1 Å². The Morgan fingerprint density at radius 1 is 1.58 bits per heavy atom. The van der Waals surface area contributed by atoms with Crippen molar-refractivity contribution in [3.05, 3.63) is 15.8 Å². The van der Waals surface area contributed by atoms with Gasteiger partial charge in [0.15, 0.2) is 0 Å². The summed E-state index contributed by atoms with van der Waals surface area (Å²) in [5.41, 5.74) is 0.180. The number of carbonyl (C=O) groups is 1. The highest BCUT2D eigenvalue weighted by molar-refractivity contribution is 5.80. The first kappa shape index (κ1) is 14.9. The number of esters is 1. The van der Waals surface area contributed by atoms with Crippen LogP contribution in [0.15, 0.2) is 0 Å². The minimum atomic E-state index is -0.631. The highest BCUT2D eigenvalue weighted by atomic mass is 16.6. The number of ether oxygens (including phenoxy) is 1. The largest absolute Gasteiger partial charge is 0.464 e. The fourth-order valence-electron chi connectivity index (χ4n) is 1.76. The summed E-state index contributed by atoms with van der Waals surface area (Å²) >= 11 is 0. The second-order valence-corrected chi connectivity index (χ2v) is 4.02. The van der Waals surface area contributed by atoms with E-state index in [1.165, 1.54) is 4.68 Å². The molecule has 0 aliphatic rings. The van der Waals surface area contributed by atoms with Crippen molar-refractivity contribution in [2.75, 3.05) is 11.9 Å². The molecule has 1 heterocycles. The van der Waals surface area contributed by atoms with E-state index in [1.807, 2.05) is 0 Å². The van der Waals surface area contributed by atoms with Crippen LogP contribution < -0.4 is 5.32 Å². The van der Waals surface area contributed by atoms with Crippen LogP contribution in [0.1, 0.15) is 26.0 Å². The van der Waals surface area contributed by atoms with Crippen LogP contribution in [0.2, 0.25) is 0 Å². The van der Waals surface area contributed by atoms with Gasteiger partial charge in [-0.1, -0.05) is 6.92 Å². The van der Waals surface area contributed by atoms with E-state index in [9.17, 15) is 14.9 Å². The van der Waals surface area contributed by atoms with E-state index in [1.54, 1.807) is 27.8 Å². The molecule has 19 heavy (non-hydrogen) atoms. The van der Waals surface area contributed by atoms with E-state index in [0.717, 1.165) is 0 Å². The Hall–Kier alpha value is -2.12. The third-order valence-corrected chi connectivity index (χ3v) is 2.66. The van der Waals surface area contributed by atoms with Crippen molar-refractivity contribution in [2.45, 2.75) is 33.2 Å². The monoisotopic (exact) mass is 270 g/mol. The number of carbonyl (C=O) groups excluding carboxylic acids is 1. The molecule has 0 aliphatic carbocycles. The maximum atomic E-state index is 11.7. The highest BCUT2D eigenvalue weighted by Gasteiger charge is 2.28. The van der Waals surface area contributed by atoms with Gasteiger partial charge in [0.1, 0.15) is 11.7 Å². The van der Waals surface area contributed by atoms with Crippen LogP contribution in [0, 0.1) is 17.0 Å². The summed E-state index contributed by atoms with van der Waals surface area (Å²) in [6, 6.07) is -0.631. The van der Waals surface area contributed by atoms with Crippen molar-refractivity contribution in [2.24, 2.45) is 7.05 Å². The van der Waals surface area contributed by atoms with E-state index < -0.39 is 16.9 Å². The number of aromatic nitrogens is 2. The van der Waals surface area contributed by atoms with Crippen molar-refractivity contribution in [1.29, 1.82) is 0 Å². The highest BCUT2D eigenvalue weighted by Crippen LogP contribution is 2.28. The molecule has 8 nitrogen and oxygen atoms in total. The second-order valence-electron chi connectivity index (χ2n) is 4.02. The summed E-state index contributed by atoms with van der Waals surface area (Å²) in [4.78, 5) is 22.2. The van der Waals surface area contributed by atoms with E-state index in [-0.39, 0.29) is 18.1 Å². The lowest BCUT2D eigenvalue weighted by molar-refractivity contribution is -0.384. The third-order valence-electron chi connectivity index (χ3n) is 2.66. The molecule has 0 bridgehead atoms. The smallest absolute Gasteiger partial charge is 0.333 e. The van der Waals surface area contributed by atoms with Gasteiger partial charge in [0.25, 0.3) is 0 Å². The van der Waals surface area contributed by atoms with Gasteiger partial charge < -0.3 is 10.1 Å². The second kappa shape index (κ2) is 6.17. The number of hydrogen-bond acceptors (Lipinski definition) is 6. The normalized spacial score (nSPS) is 12.0. The molecule has 0 saturated carbocycles. The third kappa shape index (κ3) is 3.21. The summed E-state index contributed by atoms with van der Waals surface area (Å²) in [5.74, 6) is -0.222. The van der Waals surface area contributed by atoms with Crippen LogP contribution in [0.4, 0.5) is 11.5 Å². The van der Waals surface area contributed by atoms with E-state index >= 15 is 0 Å². The number of nitrogens with one attached hydrogen (secondary N) is 1. The lowest BCUT2D eigenvalue weighted by Gasteiger charge is -2.15. The Kier molecular flexibility index (Phi) is 4.85.